The van der Waals surface area contributed by atoms with Gasteiger partial charge in [0.05, 0.1) is 0 Å². The minimum atomic E-state index is 0.298. The van der Waals surface area contributed by atoms with E-state index >= 15 is 0 Å². The van der Waals surface area contributed by atoms with Gasteiger partial charge in [-0.15, -0.1) is 0 Å². The van der Waals surface area contributed by atoms with Crippen molar-refractivity contribution in [1.82, 2.24) is 4.90 Å². The van der Waals surface area contributed by atoms with E-state index in [2.05, 4.69) is 31.7 Å². The molecule has 2 nitrogen and oxygen atoms in total. The molecule has 0 aromatic heterocycles. The summed E-state index contributed by atoms with van der Waals surface area (Å²) in [7, 11) is 0. The number of benzene rings is 1. The molecule has 0 amide bonds. The third-order valence-corrected chi connectivity index (χ3v) is 4.25. The van der Waals surface area contributed by atoms with Crippen LogP contribution in [0.1, 0.15) is 58.1 Å². The van der Waals surface area contributed by atoms with Gasteiger partial charge in [0.25, 0.3) is 0 Å². The van der Waals surface area contributed by atoms with Crippen LogP contribution in [-0.2, 0) is 0 Å². The van der Waals surface area contributed by atoms with Crippen molar-refractivity contribution in [3.05, 3.63) is 29.8 Å². The average Bonchev–Trinajstić information content (AvgIpc) is 2.89. The van der Waals surface area contributed by atoms with Crippen molar-refractivity contribution in [2.75, 3.05) is 6.54 Å². The maximum atomic E-state index is 10.1. The Morgan fingerprint density at radius 3 is 2.37 bits per heavy atom. The zero-order valence-electron chi connectivity index (χ0n) is 12.5. The summed E-state index contributed by atoms with van der Waals surface area (Å²) in [6, 6.07) is 8.77. The lowest BCUT2D eigenvalue weighted by Gasteiger charge is -2.36. The Balaban J connectivity index is 2.19. The van der Waals surface area contributed by atoms with Gasteiger partial charge in [-0.1, -0.05) is 44.9 Å². The van der Waals surface area contributed by atoms with Crippen molar-refractivity contribution < 1.29 is 5.11 Å². The standard InChI is InChI=1S/C17H27NO/c1-13(2)12-18(15-8-4-5-9-15)14(3)16-10-6-7-11-17(16)19/h6-7,10-11,13-15,19H,4-5,8-9,12H2,1-3H3. The molecule has 1 aliphatic carbocycles. The number of phenolic OH excluding ortho intramolecular Hbond substituents is 1. The Bertz CT molecular complexity index is 396. The first-order valence-electron chi connectivity index (χ1n) is 7.63. The zero-order chi connectivity index (χ0) is 13.8. The topological polar surface area (TPSA) is 23.5 Å². The van der Waals surface area contributed by atoms with E-state index in [9.17, 15) is 5.11 Å². The van der Waals surface area contributed by atoms with Gasteiger partial charge in [-0.2, -0.15) is 0 Å². The number of rotatable bonds is 5. The van der Waals surface area contributed by atoms with Crippen LogP contribution in [-0.4, -0.2) is 22.6 Å². The Hall–Kier alpha value is -1.02. The van der Waals surface area contributed by atoms with Gasteiger partial charge < -0.3 is 5.11 Å². The van der Waals surface area contributed by atoms with Crippen LogP contribution in [0.5, 0.6) is 5.75 Å². The second-order valence-corrected chi connectivity index (χ2v) is 6.26. The largest absolute Gasteiger partial charge is 0.508 e. The van der Waals surface area contributed by atoms with E-state index in [1.54, 1.807) is 6.07 Å². The van der Waals surface area contributed by atoms with Gasteiger partial charge in [-0.3, -0.25) is 4.90 Å². The molecular weight excluding hydrogens is 234 g/mol. The average molecular weight is 261 g/mol. The fourth-order valence-corrected chi connectivity index (χ4v) is 3.30. The van der Waals surface area contributed by atoms with Crippen LogP contribution in [0.2, 0.25) is 0 Å². The maximum absolute atomic E-state index is 10.1. The van der Waals surface area contributed by atoms with Crippen molar-refractivity contribution in [1.29, 1.82) is 0 Å². The van der Waals surface area contributed by atoms with Gasteiger partial charge in [0.1, 0.15) is 5.75 Å². The molecule has 106 valence electrons. The number of nitrogens with zero attached hydrogens (tertiary/aromatic N) is 1. The molecular formula is C17H27NO. The lowest BCUT2D eigenvalue weighted by atomic mass is 10.0. The Labute approximate surface area is 117 Å². The molecule has 1 aromatic rings. The fraction of sp³-hybridized carbons (Fsp3) is 0.647. The SMILES string of the molecule is CC(C)CN(C1CCCC1)C(C)c1ccccc1O. The smallest absolute Gasteiger partial charge is 0.120 e. The number of phenols is 1. The molecule has 2 heteroatoms. The summed E-state index contributed by atoms with van der Waals surface area (Å²) >= 11 is 0. The van der Waals surface area contributed by atoms with Crippen LogP contribution in [0.25, 0.3) is 0 Å². The van der Waals surface area contributed by atoms with E-state index < -0.39 is 0 Å². The summed E-state index contributed by atoms with van der Waals surface area (Å²) in [6.45, 7) is 7.90. The summed E-state index contributed by atoms with van der Waals surface area (Å²) in [4.78, 5) is 2.60. The van der Waals surface area contributed by atoms with Crippen LogP contribution in [0, 0.1) is 5.92 Å². The Morgan fingerprint density at radius 2 is 1.79 bits per heavy atom. The highest BCUT2D eigenvalue weighted by atomic mass is 16.3. The molecule has 1 aliphatic rings. The molecule has 1 unspecified atom stereocenters. The molecule has 0 saturated heterocycles. The lowest BCUT2D eigenvalue weighted by Crippen LogP contribution is -2.38. The van der Waals surface area contributed by atoms with E-state index in [0.29, 0.717) is 23.8 Å². The van der Waals surface area contributed by atoms with Gasteiger partial charge in [0, 0.05) is 24.2 Å². The predicted octanol–water partition coefficient (Wildman–Crippen LogP) is 4.35. The van der Waals surface area contributed by atoms with Crippen LogP contribution in [0.4, 0.5) is 0 Å². The first-order chi connectivity index (χ1) is 9.09. The molecule has 1 fully saturated rings. The highest BCUT2D eigenvalue weighted by Crippen LogP contribution is 2.34. The third kappa shape index (κ3) is 3.50. The van der Waals surface area contributed by atoms with Crippen LogP contribution >= 0.6 is 0 Å². The molecule has 1 aromatic carbocycles. The first kappa shape index (κ1) is 14.4. The maximum Gasteiger partial charge on any atom is 0.120 e. The number of aromatic hydroxyl groups is 1. The highest BCUT2D eigenvalue weighted by molar-refractivity contribution is 5.34. The van der Waals surface area contributed by atoms with Crippen LogP contribution in [0.3, 0.4) is 0 Å². The van der Waals surface area contributed by atoms with E-state index in [0.717, 1.165) is 12.1 Å². The second kappa shape index (κ2) is 6.42. The first-order valence-corrected chi connectivity index (χ1v) is 7.63. The molecule has 0 aliphatic heterocycles. The third-order valence-electron chi connectivity index (χ3n) is 4.25. The van der Waals surface area contributed by atoms with Crippen molar-refractivity contribution in [2.45, 2.75) is 58.5 Å². The molecule has 1 atom stereocenters. The summed E-state index contributed by atoms with van der Waals surface area (Å²) in [5.74, 6) is 1.09. The quantitative estimate of drug-likeness (QED) is 0.851. The summed E-state index contributed by atoms with van der Waals surface area (Å²) in [5.41, 5.74) is 1.06. The zero-order valence-corrected chi connectivity index (χ0v) is 12.5. The van der Waals surface area contributed by atoms with E-state index in [4.69, 9.17) is 0 Å². The van der Waals surface area contributed by atoms with Gasteiger partial charge in [0.15, 0.2) is 0 Å². The van der Waals surface area contributed by atoms with E-state index in [1.165, 1.54) is 25.7 Å². The van der Waals surface area contributed by atoms with E-state index in [-0.39, 0.29) is 0 Å². The van der Waals surface area contributed by atoms with Crippen LogP contribution < -0.4 is 0 Å². The van der Waals surface area contributed by atoms with Crippen molar-refractivity contribution >= 4 is 0 Å². The monoisotopic (exact) mass is 261 g/mol. The minimum Gasteiger partial charge on any atom is -0.508 e. The van der Waals surface area contributed by atoms with Crippen molar-refractivity contribution in [2.24, 2.45) is 5.92 Å². The summed E-state index contributed by atoms with van der Waals surface area (Å²) in [5, 5.41) is 10.1. The summed E-state index contributed by atoms with van der Waals surface area (Å²) < 4.78 is 0. The lowest BCUT2D eigenvalue weighted by molar-refractivity contribution is 0.126. The van der Waals surface area contributed by atoms with Crippen LogP contribution in [0.15, 0.2) is 24.3 Å². The Kier molecular flexibility index (Phi) is 4.87. The van der Waals surface area contributed by atoms with Crippen molar-refractivity contribution in [3.63, 3.8) is 0 Å². The molecule has 2 rings (SSSR count). The highest BCUT2D eigenvalue weighted by Gasteiger charge is 2.28. The second-order valence-electron chi connectivity index (χ2n) is 6.26. The number of para-hydroxylation sites is 1. The van der Waals surface area contributed by atoms with Gasteiger partial charge in [0.2, 0.25) is 0 Å². The molecule has 0 heterocycles. The minimum absolute atomic E-state index is 0.298. The molecule has 1 saturated carbocycles. The molecule has 19 heavy (non-hydrogen) atoms. The van der Waals surface area contributed by atoms with Gasteiger partial charge >= 0.3 is 0 Å². The normalized spacial score (nSPS) is 18.4. The van der Waals surface area contributed by atoms with Crippen molar-refractivity contribution in [3.8, 4) is 5.75 Å². The van der Waals surface area contributed by atoms with E-state index in [1.807, 2.05) is 12.1 Å². The van der Waals surface area contributed by atoms with Gasteiger partial charge in [-0.25, -0.2) is 0 Å². The summed E-state index contributed by atoms with van der Waals surface area (Å²) in [6.07, 6.45) is 5.33. The number of hydrogen-bond acceptors (Lipinski definition) is 2. The molecule has 1 N–H and O–H groups in total. The molecule has 0 bridgehead atoms. The Morgan fingerprint density at radius 1 is 1.16 bits per heavy atom. The number of hydrogen-bond donors (Lipinski definition) is 1. The molecule has 0 spiro atoms. The van der Waals surface area contributed by atoms with Gasteiger partial charge in [-0.05, 0) is 31.7 Å². The molecule has 0 radical (unpaired) electrons. The predicted molar refractivity (Wildman–Crippen MR) is 80.3 cm³/mol. The fourth-order valence-electron chi connectivity index (χ4n) is 3.30.